The van der Waals surface area contributed by atoms with Gasteiger partial charge in [-0.25, -0.2) is 14.4 Å². The van der Waals surface area contributed by atoms with E-state index in [2.05, 4.69) is 24.5 Å². The third kappa shape index (κ3) is 17.1. The number of carbonyl (C=O) groups is 5. The fraction of sp³-hybridized carbons (Fsp3) is 0.361. The first-order chi connectivity index (χ1) is 22.1. The topological polar surface area (TPSA) is 183 Å². The molecule has 0 aliphatic rings. The highest BCUT2D eigenvalue weighted by Crippen LogP contribution is 2.18. The number of esters is 3. The van der Waals surface area contributed by atoms with Crippen LogP contribution in [0, 0.1) is 0 Å². The second kappa shape index (κ2) is 20.4. The molecule has 12 nitrogen and oxygen atoms in total. The van der Waals surface area contributed by atoms with Crippen molar-refractivity contribution >= 4 is 29.5 Å². The van der Waals surface area contributed by atoms with Crippen LogP contribution in [0.2, 0.25) is 0 Å². The molecule has 2 rings (SSSR count). The van der Waals surface area contributed by atoms with Gasteiger partial charge in [0.25, 0.3) is 0 Å². The molecule has 0 aliphatic heterocycles. The first kappa shape index (κ1) is 43.1. The maximum absolute atomic E-state index is 11.8. The molecule has 0 spiro atoms. The second-order valence-corrected chi connectivity index (χ2v) is 11.4. The highest BCUT2D eigenvalue weighted by molar-refractivity contribution is 6.02. The van der Waals surface area contributed by atoms with E-state index in [1.807, 2.05) is 0 Å². The van der Waals surface area contributed by atoms with Gasteiger partial charge in [0, 0.05) is 27.8 Å². The molecule has 0 fully saturated rings. The van der Waals surface area contributed by atoms with Crippen LogP contribution in [-0.2, 0) is 23.9 Å². The zero-order chi connectivity index (χ0) is 37.2. The van der Waals surface area contributed by atoms with Crippen LogP contribution in [0.3, 0.4) is 0 Å². The smallest absolute Gasteiger partial charge is 0.340 e. The third-order valence-corrected chi connectivity index (χ3v) is 5.52. The van der Waals surface area contributed by atoms with Crippen LogP contribution in [0.25, 0.3) is 0 Å². The van der Waals surface area contributed by atoms with Crippen molar-refractivity contribution in [3.63, 3.8) is 0 Å². The summed E-state index contributed by atoms with van der Waals surface area (Å²) in [4.78, 5) is 56.0. The van der Waals surface area contributed by atoms with Crippen LogP contribution >= 0.6 is 0 Å². The van der Waals surface area contributed by atoms with Gasteiger partial charge in [-0.2, -0.15) is 0 Å². The predicted molar refractivity (Wildman–Crippen MR) is 179 cm³/mol. The summed E-state index contributed by atoms with van der Waals surface area (Å²) in [7, 11) is 0. The minimum Gasteiger partial charge on any atom is -0.491 e. The van der Waals surface area contributed by atoms with Crippen LogP contribution in [0.15, 0.2) is 85.0 Å². The zero-order valence-electron chi connectivity index (χ0n) is 28.6. The second-order valence-electron chi connectivity index (χ2n) is 11.4. The van der Waals surface area contributed by atoms with E-state index >= 15 is 0 Å². The molecule has 0 amide bonds. The van der Waals surface area contributed by atoms with E-state index in [1.54, 1.807) is 55.5 Å². The molecule has 262 valence electrons. The minimum atomic E-state index is -1.40. The Hall–Kier alpha value is -4.91. The van der Waals surface area contributed by atoms with Crippen LogP contribution < -0.4 is 9.47 Å². The Morgan fingerprint density at radius 2 is 0.917 bits per heavy atom. The molecular weight excluding hydrogens is 624 g/mol. The number of ketones is 2. The van der Waals surface area contributed by atoms with E-state index in [-0.39, 0.29) is 49.1 Å². The Morgan fingerprint density at radius 3 is 1.21 bits per heavy atom. The Morgan fingerprint density at radius 1 is 0.583 bits per heavy atom. The van der Waals surface area contributed by atoms with Crippen LogP contribution in [0.5, 0.6) is 11.5 Å². The summed E-state index contributed by atoms with van der Waals surface area (Å²) < 4.78 is 19.7. The molecule has 0 atom stereocenters. The third-order valence-electron chi connectivity index (χ3n) is 5.52. The van der Waals surface area contributed by atoms with Crippen molar-refractivity contribution in [1.82, 2.24) is 0 Å². The van der Waals surface area contributed by atoms with Gasteiger partial charge in [-0.3, -0.25) is 9.59 Å². The number of aliphatic hydroxyl groups excluding tert-OH is 1. The highest BCUT2D eigenvalue weighted by Gasteiger charge is 2.25. The summed E-state index contributed by atoms with van der Waals surface area (Å²) in [6.07, 6.45) is 0. The van der Waals surface area contributed by atoms with Gasteiger partial charge in [0.2, 0.25) is 0 Å². The molecule has 0 aromatic heterocycles. The van der Waals surface area contributed by atoms with Crippen LogP contribution in [-0.4, -0.2) is 82.4 Å². The fourth-order valence-electron chi connectivity index (χ4n) is 2.95. The van der Waals surface area contributed by atoms with Crippen LogP contribution in [0.4, 0.5) is 0 Å². The minimum absolute atomic E-state index is 0.0512. The van der Waals surface area contributed by atoms with Gasteiger partial charge < -0.3 is 34.3 Å². The van der Waals surface area contributed by atoms with Gasteiger partial charge in [-0.05, 0) is 97.0 Å². The highest BCUT2D eigenvalue weighted by atomic mass is 16.6. The molecule has 0 unspecified atom stereocenters. The number of benzene rings is 2. The molecule has 0 saturated heterocycles. The maximum Gasteiger partial charge on any atom is 0.340 e. The van der Waals surface area contributed by atoms with Gasteiger partial charge in [0.05, 0.1) is 6.61 Å². The molecule has 0 heterocycles. The molecule has 48 heavy (non-hydrogen) atoms. The van der Waals surface area contributed by atoms with E-state index in [0.29, 0.717) is 28.2 Å². The molecule has 12 heteroatoms. The maximum atomic E-state index is 11.8. The average Bonchev–Trinajstić information content (AvgIpc) is 3.01. The Kier molecular flexibility index (Phi) is 18.3. The zero-order valence-corrected chi connectivity index (χ0v) is 28.6. The average molecular weight is 671 g/mol. The van der Waals surface area contributed by atoms with Gasteiger partial charge in [-0.15, -0.1) is 0 Å². The molecule has 0 saturated carbocycles. The molecule has 0 aliphatic carbocycles. The number of rotatable bonds is 14. The lowest BCUT2D eigenvalue weighted by atomic mass is 9.97. The normalized spacial score (nSPS) is 10.5. The molecule has 0 bridgehead atoms. The van der Waals surface area contributed by atoms with E-state index in [1.165, 1.54) is 41.5 Å². The van der Waals surface area contributed by atoms with Crippen molar-refractivity contribution in [2.45, 2.75) is 59.7 Å². The van der Waals surface area contributed by atoms with Crippen molar-refractivity contribution < 1.29 is 58.2 Å². The lowest BCUT2D eigenvalue weighted by Gasteiger charge is -2.15. The van der Waals surface area contributed by atoms with Crippen molar-refractivity contribution in [2.24, 2.45) is 0 Å². The summed E-state index contributed by atoms with van der Waals surface area (Å²) in [5, 5.41) is 27.7. The van der Waals surface area contributed by atoms with Crippen molar-refractivity contribution in [1.29, 1.82) is 0 Å². The standard InChI is InChI=1S/C16H20O5.C12H16O4.C8H10O3/c1-11(2)15(18)21-10-9-20-13-7-5-12(6-8-13)14(17)16(3,4)19;1-12(2,15)11(14)9-3-5-10(6-4-9)16-8-7-13;1-5(2)7(9)11-8(10)6(3)4/h5-8,19H,1,9-10H2,2-4H3;3-6,13,15H,7-8H2,1-2H3;1,3H2,2,4H3. The first-order valence-electron chi connectivity index (χ1n) is 14.6. The van der Waals surface area contributed by atoms with Crippen molar-refractivity contribution in [2.75, 3.05) is 26.4 Å². The van der Waals surface area contributed by atoms with E-state index in [0.717, 1.165) is 0 Å². The number of aliphatic hydroxyl groups is 3. The molecule has 0 radical (unpaired) electrons. The Labute approximate surface area is 281 Å². The quantitative estimate of drug-likeness (QED) is 0.0850. The number of carbonyl (C=O) groups excluding carboxylic acids is 5. The summed E-state index contributed by atoms with van der Waals surface area (Å²) in [6.45, 7) is 20.9. The van der Waals surface area contributed by atoms with Crippen molar-refractivity contribution in [3.8, 4) is 11.5 Å². The van der Waals surface area contributed by atoms with E-state index < -0.39 is 29.1 Å². The number of ether oxygens (including phenoxy) is 4. The first-order valence-corrected chi connectivity index (χ1v) is 14.6. The number of hydrogen-bond donors (Lipinski definition) is 3. The lowest BCUT2D eigenvalue weighted by molar-refractivity contribution is -0.154. The summed E-state index contributed by atoms with van der Waals surface area (Å²) >= 11 is 0. The van der Waals surface area contributed by atoms with Gasteiger partial charge >= 0.3 is 17.9 Å². The Balaban J connectivity index is 0.000000728. The van der Waals surface area contributed by atoms with E-state index in [9.17, 15) is 34.2 Å². The molecule has 2 aromatic rings. The Bertz CT molecular complexity index is 1410. The van der Waals surface area contributed by atoms with Crippen LogP contribution in [0.1, 0.15) is 69.2 Å². The molecule has 2 aromatic carbocycles. The largest absolute Gasteiger partial charge is 0.491 e. The number of hydrogen-bond acceptors (Lipinski definition) is 12. The van der Waals surface area contributed by atoms with Gasteiger partial charge in [-0.1, -0.05) is 19.7 Å². The van der Waals surface area contributed by atoms with E-state index in [4.69, 9.17) is 19.3 Å². The van der Waals surface area contributed by atoms with Gasteiger partial charge in [0.1, 0.15) is 42.5 Å². The molecule has 3 N–H and O–H groups in total. The monoisotopic (exact) mass is 670 g/mol. The number of Topliss-reactive ketones (excluding diaryl/α,β-unsaturated/α-hetero) is 2. The lowest BCUT2D eigenvalue weighted by Crippen LogP contribution is -2.30. The summed E-state index contributed by atoms with van der Waals surface area (Å²) in [5.41, 5.74) is -1.21. The fourth-order valence-corrected chi connectivity index (χ4v) is 2.95. The summed E-state index contributed by atoms with van der Waals surface area (Å²) in [5.74, 6) is -1.43. The van der Waals surface area contributed by atoms with Gasteiger partial charge in [0.15, 0.2) is 11.6 Å². The summed E-state index contributed by atoms with van der Waals surface area (Å²) in [6, 6.07) is 12.9. The SMILES string of the molecule is C=C(C)C(=O)OC(=O)C(=C)C.C=C(C)C(=O)OCCOc1ccc(C(=O)C(C)(C)O)cc1.CC(C)(O)C(=O)c1ccc(OCCO)cc1. The van der Waals surface area contributed by atoms with Crippen molar-refractivity contribution in [3.05, 3.63) is 96.1 Å². The molecular formula is C36H46O12. The predicted octanol–water partition coefficient (Wildman–Crippen LogP) is 4.36.